The molecular formula is C37H44O3P2. The molecule has 0 fully saturated rings. The molecule has 0 aliphatic carbocycles. The Morgan fingerprint density at radius 1 is 0.571 bits per heavy atom. The van der Waals surface area contributed by atoms with Gasteiger partial charge >= 0.3 is 0 Å². The molecule has 5 heteroatoms. The minimum atomic E-state index is -3.07. The molecule has 1 aliphatic heterocycles. The number of rotatable bonds is 4. The Hall–Kier alpha value is -2.86. The highest BCUT2D eigenvalue weighted by Crippen LogP contribution is 2.56. The lowest BCUT2D eigenvalue weighted by Gasteiger charge is -2.40. The molecule has 2 atom stereocenters. The Labute approximate surface area is 252 Å². The highest BCUT2D eigenvalue weighted by molar-refractivity contribution is 7.78. The number of benzene rings is 4. The van der Waals surface area contributed by atoms with Gasteiger partial charge in [-0.25, -0.2) is 0 Å². The van der Waals surface area contributed by atoms with Gasteiger partial charge in [0, 0.05) is 27.2 Å². The Bertz CT molecular complexity index is 1630. The van der Waals surface area contributed by atoms with Crippen molar-refractivity contribution < 1.29 is 13.9 Å². The molecule has 42 heavy (non-hydrogen) atoms. The van der Waals surface area contributed by atoms with E-state index in [1.807, 2.05) is 74.0 Å². The molecule has 3 nitrogen and oxygen atoms in total. The second-order valence-corrected chi connectivity index (χ2v) is 20.2. The molecule has 0 bridgehead atoms. The lowest BCUT2D eigenvalue weighted by molar-refractivity contribution is 0.421. The van der Waals surface area contributed by atoms with Crippen molar-refractivity contribution in [3.8, 4) is 11.5 Å². The summed E-state index contributed by atoms with van der Waals surface area (Å²) in [6.07, 6.45) is 0. The maximum Gasteiger partial charge on any atom is 0.144 e. The van der Waals surface area contributed by atoms with Crippen LogP contribution in [0.3, 0.4) is 0 Å². The number of fused-ring (bicyclic) bond motifs is 2. The quantitative estimate of drug-likeness (QED) is 0.221. The minimum Gasteiger partial charge on any atom is -0.455 e. The molecule has 0 saturated heterocycles. The highest BCUT2D eigenvalue weighted by atomic mass is 31.2. The van der Waals surface area contributed by atoms with E-state index in [0.29, 0.717) is 22.1 Å². The standard InChI is InChI=1S/C37H44O3P2/c1-35(2,3)25-21-29-33(31(23-25)41(9,38)27-17-13-11-14-18-27)40-34-30(37(29,7)8)22-26(36(4,5)6)24-32(34)42(10,39)28-19-15-12-16-20-28/h11-24H,1-10H3/t41-,42-/m1/s1. The predicted octanol–water partition coefficient (Wildman–Crippen LogP) is 8.60. The van der Waals surface area contributed by atoms with Crippen LogP contribution in [0.15, 0.2) is 84.9 Å². The largest absolute Gasteiger partial charge is 0.455 e. The highest BCUT2D eigenvalue weighted by Gasteiger charge is 2.43. The van der Waals surface area contributed by atoms with Crippen LogP contribution in [0, 0.1) is 0 Å². The van der Waals surface area contributed by atoms with Gasteiger partial charge in [0.05, 0.1) is 10.6 Å². The van der Waals surface area contributed by atoms with Crippen LogP contribution < -0.4 is 26.0 Å². The molecule has 5 rings (SSSR count). The molecule has 0 N–H and O–H groups in total. The zero-order chi connectivity index (χ0) is 30.9. The van der Waals surface area contributed by atoms with Gasteiger partial charge in [-0.1, -0.05) is 128 Å². The van der Waals surface area contributed by atoms with Gasteiger partial charge in [-0.15, -0.1) is 0 Å². The van der Waals surface area contributed by atoms with Crippen LogP contribution in [0.2, 0.25) is 0 Å². The molecule has 1 aliphatic rings. The van der Waals surface area contributed by atoms with Crippen molar-refractivity contribution in [3.05, 3.63) is 107 Å². The topological polar surface area (TPSA) is 43.4 Å². The van der Waals surface area contributed by atoms with E-state index >= 15 is 0 Å². The van der Waals surface area contributed by atoms with E-state index in [0.717, 1.165) is 32.9 Å². The van der Waals surface area contributed by atoms with E-state index in [1.54, 1.807) is 0 Å². The fourth-order valence-electron chi connectivity index (χ4n) is 5.82. The zero-order valence-electron chi connectivity index (χ0n) is 26.7. The first-order chi connectivity index (χ1) is 19.4. The maximum absolute atomic E-state index is 14.8. The first-order valence-electron chi connectivity index (χ1n) is 14.7. The van der Waals surface area contributed by atoms with E-state index in [2.05, 4.69) is 79.7 Å². The third-order valence-corrected chi connectivity index (χ3v) is 13.9. The van der Waals surface area contributed by atoms with Crippen LogP contribution in [-0.2, 0) is 25.4 Å². The van der Waals surface area contributed by atoms with Crippen LogP contribution in [0.1, 0.15) is 77.6 Å². The van der Waals surface area contributed by atoms with Crippen LogP contribution in [0.5, 0.6) is 11.5 Å². The molecule has 4 aromatic rings. The molecule has 0 saturated carbocycles. The molecule has 4 aromatic carbocycles. The van der Waals surface area contributed by atoms with Crippen molar-refractivity contribution in [2.24, 2.45) is 0 Å². The predicted molar refractivity (Wildman–Crippen MR) is 181 cm³/mol. The fraction of sp³-hybridized carbons (Fsp3) is 0.351. The summed E-state index contributed by atoms with van der Waals surface area (Å²) in [7, 11) is -6.13. The molecule has 0 radical (unpaired) electrons. The number of hydrogen-bond donors (Lipinski definition) is 0. The summed E-state index contributed by atoms with van der Waals surface area (Å²) >= 11 is 0. The fourth-order valence-corrected chi connectivity index (χ4v) is 9.74. The van der Waals surface area contributed by atoms with E-state index in [1.165, 1.54) is 0 Å². The van der Waals surface area contributed by atoms with Crippen molar-refractivity contribution in [3.63, 3.8) is 0 Å². The average Bonchev–Trinajstić information content (AvgIpc) is 2.92. The Kier molecular flexibility index (Phi) is 7.36. The van der Waals surface area contributed by atoms with Crippen LogP contribution in [0.4, 0.5) is 0 Å². The number of hydrogen-bond acceptors (Lipinski definition) is 3. The SMILES string of the molecule is CC(C)(C)c1cc2c(c([P@](C)(=O)c3ccccc3)c1)Oc1c(cc(C(C)(C)C)cc1[P@](C)(=O)c1ccccc1)C2(C)C. The third-order valence-electron chi connectivity index (χ3n) is 8.84. The van der Waals surface area contributed by atoms with Crippen molar-refractivity contribution in [2.45, 2.75) is 71.6 Å². The average molecular weight is 599 g/mol. The molecule has 220 valence electrons. The molecule has 0 amide bonds. The monoisotopic (exact) mass is 598 g/mol. The van der Waals surface area contributed by atoms with Gasteiger partial charge in [0.1, 0.15) is 25.8 Å². The molecular weight excluding hydrogens is 554 g/mol. The summed E-state index contributed by atoms with van der Waals surface area (Å²) in [4.78, 5) is 0. The van der Waals surface area contributed by atoms with Crippen molar-refractivity contribution >= 4 is 35.5 Å². The smallest absolute Gasteiger partial charge is 0.144 e. The molecule has 1 heterocycles. The summed E-state index contributed by atoms with van der Waals surface area (Å²) in [5.74, 6) is 1.26. The van der Waals surface area contributed by atoms with E-state index in [9.17, 15) is 9.13 Å². The molecule has 0 aromatic heterocycles. The van der Waals surface area contributed by atoms with Gasteiger partial charge in [-0.3, -0.25) is 0 Å². The summed E-state index contributed by atoms with van der Waals surface area (Å²) in [6.45, 7) is 21.3. The van der Waals surface area contributed by atoms with E-state index in [-0.39, 0.29) is 10.8 Å². The van der Waals surface area contributed by atoms with Gasteiger partial charge in [-0.2, -0.15) is 0 Å². The van der Waals surface area contributed by atoms with Gasteiger partial charge < -0.3 is 13.9 Å². The van der Waals surface area contributed by atoms with Crippen LogP contribution in [0.25, 0.3) is 0 Å². The zero-order valence-corrected chi connectivity index (χ0v) is 28.5. The number of ether oxygens (including phenoxy) is 1. The minimum absolute atomic E-state index is 0.165. The van der Waals surface area contributed by atoms with Crippen molar-refractivity contribution in [2.75, 3.05) is 13.3 Å². The Morgan fingerprint density at radius 2 is 0.905 bits per heavy atom. The van der Waals surface area contributed by atoms with Gasteiger partial charge in [0.25, 0.3) is 0 Å². The van der Waals surface area contributed by atoms with Crippen molar-refractivity contribution in [1.29, 1.82) is 0 Å². The molecule has 0 spiro atoms. The summed E-state index contributed by atoms with van der Waals surface area (Å²) in [6, 6.07) is 28.0. The van der Waals surface area contributed by atoms with Crippen molar-refractivity contribution in [1.82, 2.24) is 0 Å². The van der Waals surface area contributed by atoms with Crippen LogP contribution >= 0.6 is 14.3 Å². The normalized spacial score (nSPS) is 17.3. The summed E-state index contributed by atoms with van der Waals surface area (Å²) in [5, 5.41) is 3.01. The Morgan fingerprint density at radius 3 is 1.21 bits per heavy atom. The lowest BCUT2D eigenvalue weighted by Crippen LogP contribution is -2.34. The third kappa shape index (κ3) is 5.14. The maximum atomic E-state index is 14.8. The lowest BCUT2D eigenvalue weighted by atomic mass is 9.72. The van der Waals surface area contributed by atoms with E-state index < -0.39 is 19.7 Å². The molecule has 0 unspecified atom stereocenters. The second-order valence-electron chi connectivity index (χ2n) is 14.5. The first-order valence-corrected chi connectivity index (χ1v) is 19.0. The van der Waals surface area contributed by atoms with Gasteiger partial charge in [0.2, 0.25) is 0 Å². The summed E-state index contributed by atoms with van der Waals surface area (Å²) in [5.41, 5.74) is 3.43. The van der Waals surface area contributed by atoms with Gasteiger partial charge in [0.15, 0.2) is 0 Å². The van der Waals surface area contributed by atoms with Crippen LogP contribution in [-0.4, -0.2) is 13.3 Å². The Balaban J connectivity index is 1.88. The second kappa shape index (κ2) is 10.1. The first kappa shape index (κ1) is 30.6. The van der Waals surface area contributed by atoms with Gasteiger partial charge in [-0.05, 0) is 47.4 Å². The summed E-state index contributed by atoms with van der Waals surface area (Å²) < 4.78 is 36.7. The van der Waals surface area contributed by atoms with E-state index in [4.69, 9.17) is 4.74 Å².